The Morgan fingerprint density at radius 2 is 2.11 bits per heavy atom. The van der Waals surface area contributed by atoms with Crippen LogP contribution in [0.5, 0.6) is 0 Å². The Morgan fingerprint density at radius 1 is 1.33 bits per heavy atom. The molecule has 18 heavy (non-hydrogen) atoms. The number of imidazole rings is 1. The van der Waals surface area contributed by atoms with Gasteiger partial charge in [-0.3, -0.25) is 0 Å². The summed E-state index contributed by atoms with van der Waals surface area (Å²) in [5.41, 5.74) is 8.02. The van der Waals surface area contributed by atoms with E-state index in [1.54, 1.807) is 0 Å². The summed E-state index contributed by atoms with van der Waals surface area (Å²) >= 11 is 0. The summed E-state index contributed by atoms with van der Waals surface area (Å²) in [5, 5.41) is 0. The Labute approximate surface area is 107 Å². The van der Waals surface area contributed by atoms with E-state index in [-0.39, 0.29) is 0 Å². The number of pyridine rings is 1. The minimum Gasteiger partial charge on any atom is -0.355 e. The average Bonchev–Trinajstić information content (AvgIpc) is 2.78. The number of nitrogens with two attached hydrogens (primary N) is 1. The van der Waals surface area contributed by atoms with E-state index in [2.05, 4.69) is 16.2 Å². The van der Waals surface area contributed by atoms with Crippen LogP contribution in [0.25, 0.3) is 5.65 Å². The molecule has 4 heteroatoms. The molecule has 2 aromatic rings. The third-order valence-corrected chi connectivity index (χ3v) is 3.88. The van der Waals surface area contributed by atoms with E-state index in [9.17, 15) is 0 Å². The van der Waals surface area contributed by atoms with Crippen LogP contribution in [-0.4, -0.2) is 22.5 Å². The second-order valence-corrected chi connectivity index (χ2v) is 5.18. The lowest BCUT2D eigenvalue weighted by Gasteiger charge is -2.31. The number of nitrogens with zero attached hydrogens (tertiary/aromatic N) is 3. The van der Waals surface area contributed by atoms with Crippen molar-refractivity contribution in [3.8, 4) is 0 Å². The molecule has 2 aromatic heterocycles. The van der Waals surface area contributed by atoms with Crippen LogP contribution in [0.2, 0.25) is 0 Å². The molecular weight excluding hydrogens is 224 g/mol. The molecule has 3 heterocycles. The molecule has 0 spiro atoms. The van der Waals surface area contributed by atoms with Crippen molar-refractivity contribution in [1.29, 1.82) is 0 Å². The van der Waals surface area contributed by atoms with Gasteiger partial charge in [-0.25, -0.2) is 4.98 Å². The van der Waals surface area contributed by atoms with Gasteiger partial charge in [0.2, 0.25) is 0 Å². The van der Waals surface area contributed by atoms with Crippen LogP contribution >= 0.6 is 0 Å². The van der Waals surface area contributed by atoms with Gasteiger partial charge in [-0.15, -0.1) is 0 Å². The molecule has 1 saturated heterocycles. The van der Waals surface area contributed by atoms with E-state index < -0.39 is 0 Å². The standard InChI is InChI=1S/C14H20N4/c1-11-5-8-17(9-6-11)14-12(10-15)18-7-3-2-4-13(18)16-14/h2-4,7,11H,5-6,8-10,15H2,1H3. The lowest BCUT2D eigenvalue weighted by molar-refractivity contribution is 0.436. The minimum atomic E-state index is 0.534. The van der Waals surface area contributed by atoms with Crippen LogP contribution in [-0.2, 0) is 6.54 Å². The smallest absolute Gasteiger partial charge is 0.152 e. The second-order valence-electron chi connectivity index (χ2n) is 5.18. The number of hydrogen-bond acceptors (Lipinski definition) is 3. The van der Waals surface area contributed by atoms with Crippen molar-refractivity contribution in [1.82, 2.24) is 9.38 Å². The fourth-order valence-electron chi connectivity index (χ4n) is 2.70. The molecular formula is C14H20N4. The number of hydrogen-bond donors (Lipinski definition) is 1. The van der Waals surface area contributed by atoms with Crippen molar-refractivity contribution in [3.05, 3.63) is 30.1 Å². The van der Waals surface area contributed by atoms with Gasteiger partial charge in [-0.2, -0.15) is 0 Å². The van der Waals surface area contributed by atoms with Crippen molar-refractivity contribution in [3.63, 3.8) is 0 Å². The molecule has 0 bridgehead atoms. The minimum absolute atomic E-state index is 0.534. The van der Waals surface area contributed by atoms with Crippen LogP contribution in [0, 0.1) is 5.92 Å². The largest absolute Gasteiger partial charge is 0.355 e. The fourth-order valence-corrected chi connectivity index (χ4v) is 2.70. The van der Waals surface area contributed by atoms with Crippen molar-refractivity contribution in [2.24, 2.45) is 11.7 Å². The summed E-state index contributed by atoms with van der Waals surface area (Å²) < 4.78 is 2.10. The van der Waals surface area contributed by atoms with Gasteiger partial charge in [-0.05, 0) is 30.9 Å². The molecule has 0 atom stereocenters. The van der Waals surface area contributed by atoms with Gasteiger partial charge in [0.1, 0.15) is 5.65 Å². The summed E-state index contributed by atoms with van der Waals surface area (Å²) in [4.78, 5) is 7.13. The number of rotatable bonds is 2. The number of fused-ring (bicyclic) bond motifs is 1. The lowest BCUT2D eigenvalue weighted by Crippen LogP contribution is -2.33. The molecule has 3 rings (SSSR count). The van der Waals surface area contributed by atoms with Gasteiger partial charge in [-0.1, -0.05) is 13.0 Å². The van der Waals surface area contributed by atoms with Crippen LogP contribution in [0.3, 0.4) is 0 Å². The SMILES string of the molecule is CC1CCN(c2nc3ccccn3c2CN)CC1. The van der Waals surface area contributed by atoms with E-state index in [0.717, 1.165) is 36.2 Å². The lowest BCUT2D eigenvalue weighted by atomic mass is 9.99. The first-order chi connectivity index (χ1) is 8.79. The van der Waals surface area contributed by atoms with E-state index >= 15 is 0 Å². The van der Waals surface area contributed by atoms with E-state index in [4.69, 9.17) is 10.7 Å². The Morgan fingerprint density at radius 3 is 2.83 bits per heavy atom. The van der Waals surface area contributed by atoms with Crippen LogP contribution < -0.4 is 10.6 Å². The van der Waals surface area contributed by atoms with Gasteiger partial charge in [0.15, 0.2) is 5.82 Å². The maximum absolute atomic E-state index is 5.91. The molecule has 4 nitrogen and oxygen atoms in total. The zero-order chi connectivity index (χ0) is 12.5. The van der Waals surface area contributed by atoms with Crippen molar-refractivity contribution in [2.75, 3.05) is 18.0 Å². The Hall–Kier alpha value is -1.55. The van der Waals surface area contributed by atoms with Gasteiger partial charge in [0, 0.05) is 25.8 Å². The predicted octanol–water partition coefficient (Wildman–Crippen LogP) is 2.03. The second kappa shape index (κ2) is 4.61. The first kappa shape index (κ1) is 11.5. The Bertz CT molecular complexity index is 538. The monoisotopic (exact) mass is 244 g/mol. The zero-order valence-corrected chi connectivity index (χ0v) is 10.8. The first-order valence-electron chi connectivity index (χ1n) is 6.70. The predicted molar refractivity (Wildman–Crippen MR) is 73.7 cm³/mol. The number of anilines is 1. The molecule has 0 aromatic carbocycles. The molecule has 0 amide bonds. The fraction of sp³-hybridized carbons (Fsp3) is 0.500. The summed E-state index contributed by atoms with van der Waals surface area (Å²) in [6.07, 6.45) is 4.54. The van der Waals surface area contributed by atoms with Crippen LogP contribution in [0.15, 0.2) is 24.4 Å². The van der Waals surface area contributed by atoms with Gasteiger partial charge in [0.25, 0.3) is 0 Å². The third-order valence-electron chi connectivity index (χ3n) is 3.88. The number of piperidine rings is 1. The normalized spacial score (nSPS) is 17.6. The highest BCUT2D eigenvalue weighted by atomic mass is 15.2. The highest BCUT2D eigenvalue weighted by Crippen LogP contribution is 2.26. The summed E-state index contributed by atoms with van der Waals surface area (Å²) in [5.74, 6) is 1.91. The van der Waals surface area contributed by atoms with Gasteiger partial charge >= 0.3 is 0 Å². The molecule has 0 aliphatic carbocycles. The van der Waals surface area contributed by atoms with Crippen LogP contribution in [0.1, 0.15) is 25.5 Å². The Balaban J connectivity index is 2.00. The summed E-state index contributed by atoms with van der Waals surface area (Å²) in [6.45, 7) is 5.05. The maximum atomic E-state index is 5.91. The summed E-state index contributed by atoms with van der Waals surface area (Å²) in [7, 11) is 0. The molecule has 1 aliphatic rings. The molecule has 1 fully saturated rings. The van der Waals surface area contributed by atoms with E-state index in [1.165, 1.54) is 12.8 Å². The highest BCUT2D eigenvalue weighted by molar-refractivity contribution is 5.56. The topological polar surface area (TPSA) is 46.6 Å². The maximum Gasteiger partial charge on any atom is 0.152 e. The molecule has 1 aliphatic heterocycles. The van der Waals surface area contributed by atoms with Gasteiger partial charge < -0.3 is 15.0 Å². The van der Waals surface area contributed by atoms with E-state index in [0.29, 0.717) is 6.54 Å². The zero-order valence-electron chi connectivity index (χ0n) is 10.8. The quantitative estimate of drug-likeness (QED) is 0.879. The van der Waals surface area contributed by atoms with Crippen LogP contribution in [0.4, 0.5) is 5.82 Å². The van der Waals surface area contributed by atoms with Crippen molar-refractivity contribution >= 4 is 11.5 Å². The number of aromatic nitrogens is 2. The molecule has 0 unspecified atom stereocenters. The van der Waals surface area contributed by atoms with Gasteiger partial charge in [0.05, 0.1) is 5.69 Å². The Kier molecular flexibility index (Phi) is 2.96. The molecule has 0 saturated carbocycles. The van der Waals surface area contributed by atoms with Crippen molar-refractivity contribution in [2.45, 2.75) is 26.3 Å². The highest BCUT2D eigenvalue weighted by Gasteiger charge is 2.21. The average molecular weight is 244 g/mol. The molecule has 2 N–H and O–H groups in total. The molecule has 0 radical (unpaired) electrons. The third kappa shape index (κ3) is 1.86. The summed E-state index contributed by atoms with van der Waals surface area (Å²) in [6, 6.07) is 6.08. The first-order valence-corrected chi connectivity index (χ1v) is 6.70. The molecule has 96 valence electrons. The van der Waals surface area contributed by atoms with E-state index in [1.807, 2.05) is 24.4 Å². The van der Waals surface area contributed by atoms with Crippen molar-refractivity contribution < 1.29 is 0 Å².